The van der Waals surface area contributed by atoms with Crippen LogP contribution in [0.15, 0.2) is 36.4 Å². The molecule has 0 fully saturated rings. The van der Waals surface area contributed by atoms with E-state index in [1.54, 1.807) is 12.1 Å². The van der Waals surface area contributed by atoms with Crippen molar-refractivity contribution >= 4 is 69.0 Å². The quantitative estimate of drug-likeness (QED) is 0.372. The van der Waals surface area contributed by atoms with Crippen molar-refractivity contribution in [3.8, 4) is 0 Å². The topological polar surface area (TPSA) is 0 Å². The highest BCUT2D eigenvalue weighted by Gasteiger charge is 2.15. The smallest absolute Gasteiger partial charge is 0.0850 e. The predicted octanol–water partition coefficient (Wildman–Crippen LogP) is 6.58. The molecule has 2 aromatic rings. The van der Waals surface area contributed by atoms with Crippen LogP contribution in [0.1, 0.15) is 16.5 Å². The standard InChI is InChI=1S/C13H7Cl4I/c14-8-2-3-9(10(15)6-8)13(17)7-1-4-12(18)11(16)5-7/h1-6,13H. The maximum absolute atomic E-state index is 6.42. The second-order valence-electron chi connectivity index (χ2n) is 3.70. The van der Waals surface area contributed by atoms with E-state index in [2.05, 4.69) is 22.6 Å². The lowest BCUT2D eigenvalue weighted by molar-refractivity contribution is 1.14. The summed E-state index contributed by atoms with van der Waals surface area (Å²) >= 11 is 26.7. The number of alkyl halides is 1. The Balaban J connectivity index is 2.41. The molecular weight excluding hydrogens is 425 g/mol. The lowest BCUT2D eigenvalue weighted by atomic mass is 10.0. The fourth-order valence-corrected chi connectivity index (χ4v) is 2.98. The molecule has 94 valence electrons. The maximum Gasteiger partial charge on any atom is 0.0850 e. The normalized spacial score (nSPS) is 12.5. The van der Waals surface area contributed by atoms with Gasteiger partial charge in [-0.15, -0.1) is 11.6 Å². The van der Waals surface area contributed by atoms with E-state index in [0.29, 0.717) is 15.1 Å². The number of halogens is 5. The van der Waals surface area contributed by atoms with Gasteiger partial charge in [0.25, 0.3) is 0 Å². The molecule has 0 radical (unpaired) electrons. The van der Waals surface area contributed by atoms with Gasteiger partial charge in [0.05, 0.1) is 10.4 Å². The largest absolute Gasteiger partial charge is 0.113 e. The van der Waals surface area contributed by atoms with Crippen molar-refractivity contribution in [1.82, 2.24) is 0 Å². The Morgan fingerprint density at radius 3 is 2.22 bits per heavy atom. The third-order valence-corrected chi connectivity index (χ3v) is 5.09. The molecule has 0 aromatic heterocycles. The lowest BCUT2D eigenvalue weighted by Crippen LogP contribution is -1.95. The van der Waals surface area contributed by atoms with E-state index < -0.39 is 0 Å². The highest BCUT2D eigenvalue weighted by atomic mass is 127. The van der Waals surface area contributed by atoms with Gasteiger partial charge in [-0.1, -0.05) is 46.9 Å². The van der Waals surface area contributed by atoms with E-state index in [9.17, 15) is 0 Å². The van der Waals surface area contributed by atoms with Gasteiger partial charge in [-0.25, -0.2) is 0 Å². The fourth-order valence-electron chi connectivity index (χ4n) is 1.56. The van der Waals surface area contributed by atoms with Crippen LogP contribution in [0.5, 0.6) is 0 Å². The van der Waals surface area contributed by atoms with Crippen LogP contribution in [0.3, 0.4) is 0 Å². The summed E-state index contributed by atoms with van der Waals surface area (Å²) in [5.41, 5.74) is 1.73. The van der Waals surface area contributed by atoms with Gasteiger partial charge in [0, 0.05) is 13.6 Å². The summed E-state index contributed by atoms with van der Waals surface area (Å²) in [5.74, 6) is 0. The van der Waals surface area contributed by atoms with E-state index in [1.807, 2.05) is 24.3 Å². The number of benzene rings is 2. The van der Waals surface area contributed by atoms with Crippen molar-refractivity contribution < 1.29 is 0 Å². The Bertz CT molecular complexity index is 583. The Hall–Kier alpha value is 0.330. The van der Waals surface area contributed by atoms with Gasteiger partial charge in [0.15, 0.2) is 0 Å². The molecule has 5 heteroatoms. The van der Waals surface area contributed by atoms with Gasteiger partial charge in [0.2, 0.25) is 0 Å². The molecule has 18 heavy (non-hydrogen) atoms. The monoisotopic (exact) mass is 430 g/mol. The van der Waals surface area contributed by atoms with Gasteiger partial charge < -0.3 is 0 Å². The molecule has 0 saturated carbocycles. The summed E-state index contributed by atoms with van der Waals surface area (Å²) in [6.45, 7) is 0. The van der Waals surface area contributed by atoms with Crippen LogP contribution in [0.25, 0.3) is 0 Å². The third-order valence-electron chi connectivity index (χ3n) is 2.47. The molecule has 0 spiro atoms. The first-order chi connectivity index (χ1) is 8.49. The Labute approximate surface area is 139 Å². The van der Waals surface area contributed by atoms with Crippen LogP contribution < -0.4 is 0 Å². The lowest BCUT2D eigenvalue weighted by Gasteiger charge is -2.13. The van der Waals surface area contributed by atoms with Crippen LogP contribution in [0, 0.1) is 3.57 Å². The Morgan fingerprint density at radius 2 is 1.61 bits per heavy atom. The molecule has 0 nitrogen and oxygen atoms in total. The molecule has 2 rings (SSSR count). The van der Waals surface area contributed by atoms with Gasteiger partial charge >= 0.3 is 0 Å². The van der Waals surface area contributed by atoms with Crippen LogP contribution in [-0.2, 0) is 0 Å². The first-order valence-corrected chi connectivity index (χ1v) is 7.68. The minimum Gasteiger partial charge on any atom is -0.113 e. The molecule has 0 aliphatic rings. The maximum atomic E-state index is 6.42. The molecule has 0 amide bonds. The highest BCUT2D eigenvalue weighted by molar-refractivity contribution is 14.1. The number of rotatable bonds is 2. The molecule has 0 heterocycles. The van der Waals surface area contributed by atoms with Crippen molar-refractivity contribution in [2.75, 3.05) is 0 Å². The van der Waals surface area contributed by atoms with E-state index in [0.717, 1.165) is 14.7 Å². The van der Waals surface area contributed by atoms with Gasteiger partial charge in [0.1, 0.15) is 0 Å². The Kier molecular flexibility index (Phi) is 5.06. The first-order valence-electron chi connectivity index (χ1n) is 5.03. The summed E-state index contributed by atoms with van der Waals surface area (Å²) in [5, 5.41) is 1.48. The zero-order valence-electron chi connectivity index (χ0n) is 8.93. The minimum absolute atomic E-state index is 0.343. The zero-order valence-corrected chi connectivity index (χ0v) is 14.1. The second kappa shape index (κ2) is 6.19. The molecular formula is C13H7Cl4I. The average Bonchev–Trinajstić information content (AvgIpc) is 2.32. The van der Waals surface area contributed by atoms with Gasteiger partial charge in [-0.2, -0.15) is 0 Å². The van der Waals surface area contributed by atoms with Crippen LogP contribution in [0.4, 0.5) is 0 Å². The van der Waals surface area contributed by atoms with Crippen LogP contribution >= 0.6 is 69.0 Å². The molecule has 0 N–H and O–H groups in total. The summed E-state index contributed by atoms with van der Waals surface area (Å²) in [6.07, 6.45) is 0. The summed E-state index contributed by atoms with van der Waals surface area (Å²) in [7, 11) is 0. The minimum atomic E-state index is -0.343. The summed E-state index contributed by atoms with van der Waals surface area (Å²) in [6, 6.07) is 11.0. The van der Waals surface area contributed by atoms with Crippen molar-refractivity contribution in [3.05, 3.63) is 66.2 Å². The van der Waals surface area contributed by atoms with Crippen LogP contribution in [0.2, 0.25) is 15.1 Å². The van der Waals surface area contributed by atoms with E-state index in [-0.39, 0.29) is 5.38 Å². The molecule has 1 unspecified atom stereocenters. The summed E-state index contributed by atoms with van der Waals surface area (Å²) in [4.78, 5) is 0. The SMILES string of the molecule is Clc1ccc(C(Cl)c2ccc(I)c(Cl)c2)c(Cl)c1. The van der Waals surface area contributed by atoms with E-state index in [1.165, 1.54) is 0 Å². The van der Waals surface area contributed by atoms with Crippen LogP contribution in [-0.4, -0.2) is 0 Å². The second-order valence-corrected chi connectivity index (χ2v) is 6.55. The highest BCUT2D eigenvalue weighted by Crippen LogP contribution is 2.36. The number of hydrogen-bond donors (Lipinski definition) is 0. The Morgan fingerprint density at radius 1 is 0.889 bits per heavy atom. The summed E-state index contributed by atoms with van der Waals surface area (Å²) < 4.78 is 0.990. The fraction of sp³-hybridized carbons (Fsp3) is 0.0769. The molecule has 2 aromatic carbocycles. The molecule has 0 saturated heterocycles. The third kappa shape index (κ3) is 3.26. The van der Waals surface area contributed by atoms with Crippen molar-refractivity contribution in [2.24, 2.45) is 0 Å². The molecule has 0 aliphatic heterocycles. The van der Waals surface area contributed by atoms with E-state index in [4.69, 9.17) is 46.4 Å². The van der Waals surface area contributed by atoms with Gasteiger partial charge in [-0.05, 0) is 58.0 Å². The average molecular weight is 432 g/mol. The van der Waals surface area contributed by atoms with Gasteiger partial charge in [-0.3, -0.25) is 0 Å². The van der Waals surface area contributed by atoms with Crippen molar-refractivity contribution in [2.45, 2.75) is 5.38 Å². The first kappa shape index (κ1) is 14.7. The number of hydrogen-bond acceptors (Lipinski definition) is 0. The van der Waals surface area contributed by atoms with Crippen molar-refractivity contribution in [3.63, 3.8) is 0 Å². The predicted molar refractivity (Wildman–Crippen MR) is 88.3 cm³/mol. The van der Waals surface area contributed by atoms with E-state index >= 15 is 0 Å². The molecule has 0 aliphatic carbocycles. The molecule has 1 atom stereocenters. The molecule has 0 bridgehead atoms. The van der Waals surface area contributed by atoms with Crippen molar-refractivity contribution in [1.29, 1.82) is 0 Å². The zero-order chi connectivity index (χ0) is 13.3.